The van der Waals surface area contributed by atoms with Gasteiger partial charge in [-0.05, 0) is 6.92 Å². The first-order valence-corrected chi connectivity index (χ1v) is 5.43. The fourth-order valence-corrected chi connectivity index (χ4v) is 2.29. The van der Waals surface area contributed by atoms with Crippen molar-refractivity contribution in [3.63, 3.8) is 0 Å². The molecule has 0 amide bonds. The van der Waals surface area contributed by atoms with Crippen molar-refractivity contribution < 1.29 is 4.79 Å². The van der Waals surface area contributed by atoms with Crippen molar-refractivity contribution in [3.05, 3.63) is 34.8 Å². The van der Waals surface area contributed by atoms with Crippen LogP contribution in [0.15, 0.2) is 29.2 Å². The number of hydrogen-bond donors (Lipinski definition) is 3. The molecular weight excluding hydrogens is 224 g/mol. The molecule has 0 unspecified atom stereocenters. The van der Waals surface area contributed by atoms with Crippen LogP contribution in [0, 0.1) is 5.41 Å². The fourth-order valence-electron chi connectivity index (χ4n) is 1.29. The molecule has 0 aliphatic carbocycles. The largest absolute Gasteiger partial charge is 0.354 e. The van der Waals surface area contributed by atoms with Crippen molar-refractivity contribution in [1.29, 1.82) is 5.41 Å². The molecule has 3 N–H and O–H groups in total. The first-order chi connectivity index (χ1) is 7.72. The van der Waals surface area contributed by atoms with Gasteiger partial charge in [-0.25, -0.2) is 0 Å². The van der Waals surface area contributed by atoms with Gasteiger partial charge in [0.2, 0.25) is 0 Å². The van der Waals surface area contributed by atoms with E-state index in [-0.39, 0.29) is 5.78 Å². The minimum atomic E-state index is -0.119. The number of Topliss-reactive ketones (excluding diaryl/α,β-unsaturated/α-hetero) is 1. The Hall–Kier alpha value is -1.82. The summed E-state index contributed by atoms with van der Waals surface area (Å²) in [7, 11) is 0. The number of aromatic nitrogens is 2. The number of carbonyl (C=O) groups is 1. The summed E-state index contributed by atoms with van der Waals surface area (Å²) >= 11 is 1.43. The number of aromatic amines is 1. The number of nitrogens with zero attached hydrogens (tertiary/aromatic N) is 1. The molecule has 0 bridgehead atoms. The second-order valence-corrected chi connectivity index (χ2v) is 4.24. The van der Waals surface area contributed by atoms with E-state index in [0.29, 0.717) is 10.6 Å². The van der Waals surface area contributed by atoms with Crippen molar-refractivity contribution in [3.8, 4) is 0 Å². The van der Waals surface area contributed by atoms with E-state index >= 15 is 0 Å². The summed E-state index contributed by atoms with van der Waals surface area (Å²) in [6.07, 6.45) is 6.36. The molecule has 1 aliphatic rings. The Bertz CT molecular complexity index is 487. The minimum absolute atomic E-state index is 0.119. The maximum absolute atomic E-state index is 11.3. The van der Waals surface area contributed by atoms with Crippen molar-refractivity contribution in [2.75, 3.05) is 0 Å². The molecule has 5 nitrogen and oxygen atoms in total. The lowest BCUT2D eigenvalue weighted by atomic mass is 10.2. The SMILES string of the molecule is CC(=O)/C(C=N)=C1/NC=C(c2cn[nH]c2)S1. The average Bonchev–Trinajstić information content (AvgIpc) is 2.86. The van der Waals surface area contributed by atoms with Crippen LogP contribution >= 0.6 is 11.8 Å². The van der Waals surface area contributed by atoms with E-state index in [1.165, 1.54) is 18.7 Å². The number of H-pyrrole nitrogens is 1. The van der Waals surface area contributed by atoms with Gasteiger partial charge in [-0.15, -0.1) is 0 Å². The molecule has 2 heterocycles. The topological polar surface area (TPSA) is 81.6 Å². The van der Waals surface area contributed by atoms with Crippen molar-refractivity contribution in [2.45, 2.75) is 6.92 Å². The van der Waals surface area contributed by atoms with Crippen LogP contribution < -0.4 is 5.32 Å². The fraction of sp³-hybridized carbons (Fsp3) is 0.100. The average molecular weight is 234 g/mol. The Balaban J connectivity index is 2.24. The van der Waals surface area contributed by atoms with E-state index < -0.39 is 0 Å². The van der Waals surface area contributed by atoms with Gasteiger partial charge in [0.15, 0.2) is 5.78 Å². The Morgan fingerprint density at radius 2 is 2.44 bits per heavy atom. The van der Waals surface area contributed by atoms with Crippen LogP contribution in [0.1, 0.15) is 12.5 Å². The molecule has 2 rings (SSSR count). The van der Waals surface area contributed by atoms with E-state index in [9.17, 15) is 4.79 Å². The number of allylic oxidation sites excluding steroid dienone is 1. The lowest BCUT2D eigenvalue weighted by Crippen LogP contribution is -2.07. The molecule has 1 aromatic rings. The third kappa shape index (κ3) is 1.92. The number of rotatable bonds is 3. The molecule has 6 heteroatoms. The quantitative estimate of drug-likeness (QED) is 0.546. The second kappa shape index (κ2) is 4.36. The lowest BCUT2D eigenvalue weighted by Gasteiger charge is -2.02. The highest BCUT2D eigenvalue weighted by atomic mass is 32.2. The van der Waals surface area contributed by atoms with Gasteiger partial charge < -0.3 is 10.7 Å². The predicted molar refractivity (Wildman–Crippen MR) is 63.8 cm³/mol. The number of hydrogen-bond acceptors (Lipinski definition) is 5. The molecule has 0 saturated heterocycles. The van der Waals surface area contributed by atoms with Crippen LogP contribution in [0.4, 0.5) is 0 Å². The third-order valence-electron chi connectivity index (χ3n) is 2.10. The number of ketones is 1. The second-order valence-electron chi connectivity index (χ2n) is 3.19. The smallest absolute Gasteiger partial charge is 0.163 e. The van der Waals surface area contributed by atoms with E-state index in [4.69, 9.17) is 5.41 Å². The molecule has 0 fully saturated rings. The summed E-state index contributed by atoms with van der Waals surface area (Å²) in [6, 6.07) is 0. The zero-order chi connectivity index (χ0) is 11.5. The van der Waals surface area contributed by atoms with Gasteiger partial charge >= 0.3 is 0 Å². The molecule has 0 radical (unpaired) electrons. The van der Waals surface area contributed by atoms with Crippen molar-refractivity contribution in [1.82, 2.24) is 15.5 Å². The first kappa shape index (κ1) is 10.7. The standard InChI is InChI=1S/C10H10N4OS/c1-6(15)8(2-11)10-12-5-9(16-10)7-3-13-14-4-7/h2-5,11-12H,1H3,(H,13,14)/b10-8-,11-2?. The third-order valence-corrected chi connectivity index (χ3v) is 3.21. The number of carbonyl (C=O) groups excluding carboxylic acids is 1. The molecule has 16 heavy (non-hydrogen) atoms. The highest BCUT2D eigenvalue weighted by Crippen LogP contribution is 2.37. The minimum Gasteiger partial charge on any atom is -0.354 e. The van der Waals surface area contributed by atoms with E-state index in [1.54, 1.807) is 18.6 Å². The van der Waals surface area contributed by atoms with Gasteiger partial charge in [0.25, 0.3) is 0 Å². The molecule has 1 aromatic heterocycles. The van der Waals surface area contributed by atoms with Gasteiger partial charge in [0, 0.05) is 29.1 Å². The summed E-state index contributed by atoms with van der Waals surface area (Å²) in [5, 5.41) is 17.5. The van der Waals surface area contributed by atoms with Crippen LogP contribution in [-0.2, 0) is 4.79 Å². The summed E-state index contributed by atoms with van der Waals surface area (Å²) in [5.41, 5.74) is 1.35. The van der Waals surface area contributed by atoms with Crippen LogP contribution in [0.25, 0.3) is 4.91 Å². The van der Waals surface area contributed by atoms with Crippen molar-refractivity contribution in [2.24, 2.45) is 0 Å². The Kier molecular flexibility index (Phi) is 2.91. The zero-order valence-corrected chi connectivity index (χ0v) is 9.39. The highest BCUT2D eigenvalue weighted by molar-refractivity contribution is 8.12. The van der Waals surface area contributed by atoms with Crippen molar-refractivity contribution >= 4 is 28.7 Å². The molecule has 0 atom stereocenters. The summed E-state index contributed by atoms with van der Waals surface area (Å²) in [5.74, 6) is -0.119. The van der Waals surface area contributed by atoms with Gasteiger partial charge in [-0.1, -0.05) is 11.8 Å². The Morgan fingerprint density at radius 1 is 1.62 bits per heavy atom. The maximum Gasteiger partial charge on any atom is 0.163 e. The van der Waals surface area contributed by atoms with Crippen LogP contribution in [-0.4, -0.2) is 22.2 Å². The predicted octanol–water partition coefficient (Wildman–Crippen LogP) is 1.49. The molecule has 82 valence electrons. The number of nitrogens with one attached hydrogen (secondary N) is 3. The maximum atomic E-state index is 11.3. The molecule has 1 aliphatic heterocycles. The van der Waals surface area contributed by atoms with Crippen LogP contribution in [0.5, 0.6) is 0 Å². The summed E-state index contributed by atoms with van der Waals surface area (Å²) in [6.45, 7) is 1.45. The van der Waals surface area contributed by atoms with Gasteiger partial charge in [-0.3, -0.25) is 9.89 Å². The molecule has 0 aromatic carbocycles. The van der Waals surface area contributed by atoms with Gasteiger partial charge in [0.1, 0.15) is 0 Å². The summed E-state index contributed by atoms with van der Waals surface area (Å²) in [4.78, 5) is 12.2. The molecule has 0 saturated carbocycles. The Morgan fingerprint density at radius 3 is 3.00 bits per heavy atom. The number of thioether (sulfide) groups is 1. The molecular formula is C10H10N4OS. The van der Waals surface area contributed by atoms with Crippen LogP contribution in [0.3, 0.4) is 0 Å². The molecule has 0 spiro atoms. The normalized spacial score (nSPS) is 17.7. The van der Waals surface area contributed by atoms with E-state index in [1.807, 2.05) is 0 Å². The highest BCUT2D eigenvalue weighted by Gasteiger charge is 2.18. The van der Waals surface area contributed by atoms with E-state index in [2.05, 4.69) is 15.5 Å². The van der Waals surface area contributed by atoms with Crippen LogP contribution in [0.2, 0.25) is 0 Å². The van der Waals surface area contributed by atoms with E-state index in [0.717, 1.165) is 16.7 Å². The summed E-state index contributed by atoms with van der Waals surface area (Å²) < 4.78 is 0. The first-order valence-electron chi connectivity index (χ1n) is 4.61. The zero-order valence-electron chi connectivity index (χ0n) is 8.57. The van der Waals surface area contributed by atoms with Gasteiger partial charge in [-0.2, -0.15) is 5.10 Å². The Labute approximate surface area is 96.5 Å². The van der Waals surface area contributed by atoms with Gasteiger partial charge in [0.05, 0.1) is 16.8 Å². The monoisotopic (exact) mass is 234 g/mol. The lowest BCUT2D eigenvalue weighted by molar-refractivity contribution is -0.113.